The van der Waals surface area contributed by atoms with E-state index in [2.05, 4.69) is 15.4 Å². The highest BCUT2D eigenvalue weighted by molar-refractivity contribution is 7.92. The van der Waals surface area contributed by atoms with Crippen molar-refractivity contribution in [2.75, 3.05) is 23.7 Å². The predicted molar refractivity (Wildman–Crippen MR) is 132 cm³/mol. The Balaban J connectivity index is 1.16. The molecule has 4 bridgehead atoms. The van der Waals surface area contributed by atoms with Crippen molar-refractivity contribution >= 4 is 33.2 Å². The van der Waals surface area contributed by atoms with Gasteiger partial charge in [-0.2, -0.15) is 0 Å². The number of hydrogen-bond donors (Lipinski definition) is 3. The minimum absolute atomic E-state index is 0.00982. The van der Waals surface area contributed by atoms with Gasteiger partial charge in [-0.1, -0.05) is 12.1 Å². The van der Waals surface area contributed by atoms with Crippen LogP contribution in [0.25, 0.3) is 0 Å². The number of rotatable bonds is 8. The van der Waals surface area contributed by atoms with Crippen LogP contribution in [0.1, 0.15) is 38.5 Å². The molecular weight excluding hydrogens is 466 g/mol. The Labute approximate surface area is 205 Å². The highest BCUT2D eigenvalue weighted by atomic mass is 32.2. The summed E-state index contributed by atoms with van der Waals surface area (Å²) in [4.78, 5) is 25.6. The molecule has 2 amide bonds. The molecule has 4 saturated carbocycles. The van der Waals surface area contributed by atoms with Gasteiger partial charge in [0, 0.05) is 11.1 Å². The van der Waals surface area contributed by atoms with Crippen LogP contribution in [0.5, 0.6) is 5.75 Å². The van der Waals surface area contributed by atoms with E-state index in [4.69, 9.17) is 4.74 Å². The summed E-state index contributed by atoms with van der Waals surface area (Å²) in [6.07, 6.45) is 6.62. The van der Waals surface area contributed by atoms with Gasteiger partial charge < -0.3 is 15.4 Å². The zero-order valence-corrected chi connectivity index (χ0v) is 20.6. The number of hydrogen-bond acceptors (Lipinski definition) is 5. The minimum Gasteiger partial charge on any atom is -0.495 e. The number of carbonyl (C=O) groups is 2. The van der Waals surface area contributed by atoms with Gasteiger partial charge in [0.15, 0.2) is 0 Å². The molecule has 0 unspecified atom stereocenters. The van der Waals surface area contributed by atoms with Crippen molar-refractivity contribution in [3.63, 3.8) is 0 Å². The molecule has 4 fully saturated rings. The van der Waals surface area contributed by atoms with Crippen LogP contribution in [-0.2, 0) is 19.6 Å². The van der Waals surface area contributed by atoms with Crippen molar-refractivity contribution < 1.29 is 22.7 Å². The first-order valence-corrected chi connectivity index (χ1v) is 13.6. The van der Waals surface area contributed by atoms with E-state index in [-0.39, 0.29) is 28.7 Å². The fraction of sp³-hybridized carbons (Fsp3) is 0.462. The molecule has 0 spiro atoms. The van der Waals surface area contributed by atoms with Gasteiger partial charge in [-0.15, -0.1) is 0 Å². The molecule has 35 heavy (non-hydrogen) atoms. The summed E-state index contributed by atoms with van der Waals surface area (Å²) in [5, 5.41) is 5.59. The molecule has 3 N–H and O–H groups in total. The summed E-state index contributed by atoms with van der Waals surface area (Å²) in [7, 11) is -2.37. The number of carbonyl (C=O) groups excluding carboxylic acids is 2. The Kier molecular flexibility index (Phi) is 6.21. The summed E-state index contributed by atoms with van der Waals surface area (Å²) in [5.74, 6) is 2.06. The number of amides is 2. The topological polar surface area (TPSA) is 114 Å². The van der Waals surface area contributed by atoms with Gasteiger partial charge in [0.1, 0.15) is 5.75 Å². The number of sulfonamides is 1. The maximum Gasteiger partial charge on any atom is 0.262 e. The molecule has 2 aromatic rings. The quantitative estimate of drug-likeness (QED) is 0.514. The van der Waals surface area contributed by atoms with Gasteiger partial charge in [0.25, 0.3) is 10.0 Å². The predicted octanol–water partition coefficient (Wildman–Crippen LogP) is 3.77. The second-order valence-electron chi connectivity index (χ2n) is 10.3. The van der Waals surface area contributed by atoms with Crippen molar-refractivity contribution in [1.29, 1.82) is 0 Å². The Morgan fingerprint density at radius 2 is 1.54 bits per heavy atom. The van der Waals surface area contributed by atoms with Crippen LogP contribution in [0.15, 0.2) is 53.4 Å². The van der Waals surface area contributed by atoms with Gasteiger partial charge >= 0.3 is 0 Å². The van der Waals surface area contributed by atoms with Crippen LogP contribution >= 0.6 is 0 Å². The van der Waals surface area contributed by atoms with Crippen LogP contribution in [-0.4, -0.2) is 33.9 Å². The van der Waals surface area contributed by atoms with Crippen molar-refractivity contribution in [2.24, 2.45) is 23.2 Å². The second-order valence-corrected chi connectivity index (χ2v) is 11.9. The van der Waals surface area contributed by atoms with Crippen molar-refractivity contribution in [3.05, 3.63) is 48.5 Å². The first-order chi connectivity index (χ1) is 16.8. The maximum atomic E-state index is 13.0. The first kappa shape index (κ1) is 23.7. The summed E-state index contributed by atoms with van der Waals surface area (Å²) in [5.41, 5.74) is 0.497. The number of ether oxygens (including phenoxy) is 1. The van der Waals surface area contributed by atoms with Crippen molar-refractivity contribution in [3.8, 4) is 5.75 Å². The lowest BCUT2D eigenvalue weighted by molar-refractivity contribution is -0.146. The highest BCUT2D eigenvalue weighted by Gasteiger charge is 2.54. The second kappa shape index (κ2) is 9.18. The lowest BCUT2D eigenvalue weighted by Crippen LogP contribution is -2.54. The largest absolute Gasteiger partial charge is 0.495 e. The zero-order valence-electron chi connectivity index (χ0n) is 19.8. The molecule has 4 aliphatic rings. The first-order valence-electron chi connectivity index (χ1n) is 12.1. The summed E-state index contributed by atoms with van der Waals surface area (Å²) in [6, 6.07) is 12.6. The molecule has 0 radical (unpaired) electrons. The number of para-hydroxylation sites is 2. The molecule has 0 aromatic heterocycles. The Morgan fingerprint density at radius 1 is 0.943 bits per heavy atom. The molecule has 2 aromatic carbocycles. The molecule has 4 aliphatic carbocycles. The van der Waals surface area contributed by atoms with Crippen LogP contribution in [0.2, 0.25) is 0 Å². The Bertz CT molecular complexity index is 1190. The third-order valence-electron chi connectivity index (χ3n) is 7.73. The molecule has 9 heteroatoms. The average Bonchev–Trinajstić information content (AvgIpc) is 2.82. The normalized spacial score (nSPS) is 26.7. The molecule has 8 nitrogen and oxygen atoms in total. The van der Waals surface area contributed by atoms with Gasteiger partial charge in [-0.3, -0.25) is 14.3 Å². The lowest BCUT2D eigenvalue weighted by Gasteiger charge is -2.55. The average molecular weight is 498 g/mol. The third-order valence-corrected chi connectivity index (χ3v) is 9.11. The number of anilines is 2. The van der Waals surface area contributed by atoms with Gasteiger partial charge in [-0.25, -0.2) is 8.42 Å². The molecule has 0 heterocycles. The lowest BCUT2D eigenvalue weighted by atomic mass is 9.49. The van der Waals surface area contributed by atoms with Crippen LogP contribution < -0.4 is 20.1 Å². The van der Waals surface area contributed by atoms with Crippen LogP contribution in [0, 0.1) is 23.2 Å². The monoisotopic (exact) mass is 497 g/mol. The summed E-state index contributed by atoms with van der Waals surface area (Å²) in [6.45, 7) is -0.101. The summed E-state index contributed by atoms with van der Waals surface area (Å²) < 4.78 is 33.2. The van der Waals surface area contributed by atoms with Crippen LogP contribution in [0.3, 0.4) is 0 Å². The molecule has 6 rings (SSSR count). The van der Waals surface area contributed by atoms with E-state index in [0.29, 0.717) is 34.9 Å². The van der Waals surface area contributed by atoms with Crippen molar-refractivity contribution in [1.82, 2.24) is 5.32 Å². The Morgan fingerprint density at radius 3 is 2.14 bits per heavy atom. The fourth-order valence-corrected chi connectivity index (χ4v) is 7.66. The summed E-state index contributed by atoms with van der Waals surface area (Å²) >= 11 is 0. The molecule has 0 atom stereocenters. The van der Waals surface area contributed by atoms with E-state index in [9.17, 15) is 18.0 Å². The van der Waals surface area contributed by atoms with Gasteiger partial charge in [-0.05, 0) is 92.7 Å². The smallest absolute Gasteiger partial charge is 0.262 e. The van der Waals surface area contributed by atoms with E-state index < -0.39 is 10.0 Å². The molecular formula is C26H31N3O5S. The third kappa shape index (κ3) is 4.87. The van der Waals surface area contributed by atoms with E-state index >= 15 is 0 Å². The number of methoxy groups -OCH3 is 1. The standard InChI is InChI=1S/C26H31N3O5S/c1-34-23-5-3-2-4-22(23)29-35(32,33)21-8-6-20(7-9-21)28-24(30)16-27-25(31)26-13-17-10-18(14-26)12-19(11-17)15-26/h2-9,17-19,29H,10-16H2,1H3,(H,27,31)(H,28,30). The maximum absolute atomic E-state index is 13.0. The minimum atomic E-state index is -3.83. The fourth-order valence-electron chi connectivity index (χ4n) is 6.59. The van der Waals surface area contributed by atoms with Crippen molar-refractivity contribution in [2.45, 2.75) is 43.4 Å². The van der Waals surface area contributed by atoms with Crippen LogP contribution in [0.4, 0.5) is 11.4 Å². The molecule has 0 aliphatic heterocycles. The molecule has 0 saturated heterocycles. The number of benzene rings is 2. The van der Waals surface area contributed by atoms with Gasteiger partial charge in [0.05, 0.1) is 24.2 Å². The van der Waals surface area contributed by atoms with Gasteiger partial charge in [0.2, 0.25) is 11.8 Å². The van der Waals surface area contributed by atoms with E-state index in [1.165, 1.54) is 50.6 Å². The van der Waals surface area contributed by atoms with E-state index in [0.717, 1.165) is 19.3 Å². The molecule has 186 valence electrons. The zero-order chi connectivity index (χ0) is 24.6. The van der Waals surface area contributed by atoms with E-state index in [1.54, 1.807) is 24.3 Å². The number of nitrogens with one attached hydrogen (secondary N) is 3. The van der Waals surface area contributed by atoms with E-state index in [1.807, 2.05) is 0 Å². The SMILES string of the molecule is COc1ccccc1NS(=O)(=O)c1ccc(NC(=O)CNC(=O)C23CC4CC(CC(C4)C2)C3)cc1. The highest BCUT2D eigenvalue weighted by Crippen LogP contribution is 2.60. The Hall–Kier alpha value is -3.07.